The number of rotatable bonds is 4. The van der Waals surface area contributed by atoms with Gasteiger partial charge >= 0.3 is 0 Å². The van der Waals surface area contributed by atoms with Gasteiger partial charge < -0.3 is 9.88 Å². The Hall–Kier alpha value is -1.84. The molecule has 0 amide bonds. The molecule has 4 nitrogen and oxygen atoms in total. The summed E-state index contributed by atoms with van der Waals surface area (Å²) in [7, 11) is 0. The van der Waals surface area contributed by atoms with Crippen molar-refractivity contribution >= 4 is 5.95 Å². The van der Waals surface area contributed by atoms with E-state index in [0.29, 0.717) is 6.04 Å². The van der Waals surface area contributed by atoms with E-state index < -0.39 is 0 Å². The smallest absolute Gasteiger partial charge is 0.203 e. The van der Waals surface area contributed by atoms with Crippen molar-refractivity contribution in [2.24, 2.45) is 0 Å². The number of imidazole rings is 1. The van der Waals surface area contributed by atoms with E-state index in [0.717, 1.165) is 12.5 Å². The van der Waals surface area contributed by atoms with Gasteiger partial charge in [0.05, 0.1) is 6.54 Å². The number of hydrogen-bond donors (Lipinski definition) is 1. The number of nitrogens with zero attached hydrogens (tertiary/aromatic N) is 3. The second-order valence-corrected chi connectivity index (χ2v) is 4.60. The minimum absolute atomic E-state index is 0.634. The quantitative estimate of drug-likeness (QED) is 0.872. The minimum Gasteiger partial charge on any atom is -0.353 e. The molecule has 0 atom stereocenters. The molecule has 2 aromatic heterocycles. The molecular weight excluding hydrogens is 212 g/mol. The zero-order chi connectivity index (χ0) is 11.7. The average molecular weight is 228 g/mol. The summed E-state index contributed by atoms with van der Waals surface area (Å²) < 4.78 is 2.15. The largest absolute Gasteiger partial charge is 0.353 e. The Balaban J connectivity index is 1.80. The van der Waals surface area contributed by atoms with Crippen LogP contribution >= 0.6 is 0 Å². The van der Waals surface area contributed by atoms with Crippen LogP contribution in [0.4, 0.5) is 5.95 Å². The molecule has 0 aromatic carbocycles. The monoisotopic (exact) mass is 228 g/mol. The van der Waals surface area contributed by atoms with Crippen LogP contribution in [-0.4, -0.2) is 20.6 Å². The van der Waals surface area contributed by atoms with Gasteiger partial charge in [0, 0.05) is 30.8 Å². The van der Waals surface area contributed by atoms with Crippen molar-refractivity contribution < 1.29 is 0 Å². The average Bonchev–Trinajstić information content (AvgIpc) is 3.03. The van der Waals surface area contributed by atoms with Gasteiger partial charge in [-0.05, 0) is 37.0 Å². The standard InChI is InChI=1S/C13H16N4/c1-10-8-14-5-4-11(10)9-17-7-6-15-13(17)16-12-2-3-12/h4-8,12H,2-3,9H2,1H3,(H,15,16). The van der Waals surface area contributed by atoms with Crippen LogP contribution in [0.2, 0.25) is 0 Å². The number of pyridine rings is 1. The summed E-state index contributed by atoms with van der Waals surface area (Å²) >= 11 is 0. The Morgan fingerprint density at radius 3 is 3.06 bits per heavy atom. The summed E-state index contributed by atoms with van der Waals surface area (Å²) in [6.45, 7) is 2.94. The van der Waals surface area contributed by atoms with Gasteiger partial charge in [0.2, 0.25) is 5.95 Å². The Morgan fingerprint density at radius 1 is 1.41 bits per heavy atom. The van der Waals surface area contributed by atoms with Crippen molar-refractivity contribution in [1.82, 2.24) is 14.5 Å². The van der Waals surface area contributed by atoms with Crippen LogP contribution in [-0.2, 0) is 6.54 Å². The molecule has 0 bridgehead atoms. The summed E-state index contributed by atoms with van der Waals surface area (Å²) in [5.41, 5.74) is 2.51. The number of hydrogen-bond acceptors (Lipinski definition) is 3. The van der Waals surface area contributed by atoms with Crippen LogP contribution in [0, 0.1) is 6.92 Å². The molecule has 0 spiro atoms. The zero-order valence-corrected chi connectivity index (χ0v) is 9.93. The fourth-order valence-electron chi connectivity index (χ4n) is 1.85. The fourth-order valence-corrected chi connectivity index (χ4v) is 1.85. The topological polar surface area (TPSA) is 42.7 Å². The Bertz CT molecular complexity index is 514. The number of anilines is 1. The first-order chi connectivity index (χ1) is 8.33. The normalized spacial score (nSPS) is 14.9. The van der Waals surface area contributed by atoms with Gasteiger partial charge in [-0.15, -0.1) is 0 Å². The molecule has 2 heterocycles. The van der Waals surface area contributed by atoms with Gasteiger partial charge in [-0.3, -0.25) is 4.98 Å². The number of nitrogens with one attached hydrogen (secondary N) is 1. The van der Waals surface area contributed by atoms with Gasteiger partial charge in [0.15, 0.2) is 0 Å². The molecule has 0 saturated heterocycles. The summed E-state index contributed by atoms with van der Waals surface area (Å²) in [6, 6.07) is 2.70. The van der Waals surface area contributed by atoms with Crippen molar-refractivity contribution in [2.75, 3.05) is 5.32 Å². The van der Waals surface area contributed by atoms with E-state index in [1.165, 1.54) is 24.0 Å². The maximum Gasteiger partial charge on any atom is 0.203 e. The molecule has 1 aliphatic rings. The van der Waals surface area contributed by atoms with Crippen LogP contribution in [0.1, 0.15) is 24.0 Å². The minimum atomic E-state index is 0.634. The van der Waals surface area contributed by atoms with E-state index in [4.69, 9.17) is 0 Å². The highest BCUT2D eigenvalue weighted by Gasteiger charge is 2.22. The predicted octanol–water partition coefficient (Wildman–Crippen LogP) is 2.21. The third-order valence-corrected chi connectivity index (χ3v) is 3.10. The highest BCUT2D eigenvalue weighted by molar-refractivity contribution is 5.32. The van der Waals surface area contributed by atoms with E-state index in [1.807, 2.05) is 24.8 Å². The molecule has 1 saturated carbocycles. The molecule has 1 aliphatic carbocycles. The second kappa shape index (κ2) is 4.20. The lowest BCUT2D eigenvalue weighted by atomic mass is 10.1. The summed E-state index contributed by atoms with van der Waals surface area (Å²) in [5, 5.41) is 3.44. The van der Waals surface area contributed by atoms with Crippen molar-refractivity contribution in [3.8, 4) is 0 Å². The first-order valence-corrected chi connectivity index (χ1v) is 6.00. The van der Waals surface area contributed by atoms with E-state index in [9.17, 15) is 0 Å². The van der Waals surface area contributed by atoms with Gasteiger partial charge in [-0.25, -0.2) is 4.98 Å². The fraction of sp³-hybridized carbons (Fsp3) is 0.385. The van der Waals surface area contributed by atoms with Crippen LogP contribution < -0.4 is 5.32 Å². The molecule has 1 fully saturated rings. The van der Waals surface area contributed by atoms with Crippen LogP contribution in [0.25, 0.3) is 0 Å². The molecule has 1 N–H and O–H groups in total. The van der Waals surface area contributed by atoms with Crippen molar-refractivity contribution in [1.29, 1.82) is 0 Å². The highest BCUT2D eigenvalue weighted by atomic mass is 15.2. The highest BCUT2D eigenvalue weighted by Crippen LogP contribution is 2.24. The first kappa shape index (κ1) is 10.3. The number of aryl methyl sites for hydroxylation is 1. The lowest BCUT2D eigenvalue weighted by molar-refractivity contribution is 0.789. The van der Waals surface area contributed by atoms with E-state index >= 15 is 0 Å². The van der Waals surface area contributed by atoms with Crippen molar-refractivity contribution in [3.05, 3.63) is 42.0 Å². The lowest BCUT2D eigenvalue weighted by Crippen LogP contribution is -2.10. The molecule has 17 heavy (non-hydrogen) atoms. The molecular formula is C13H16N4. The van der Waals surface area contributed by atoms with Gasteiger partial charge in [-0.1, -0.05) is 0 Å². The lowest BCUT2D eigenvalue weighted by Gasteiger charge is -2.10. The number of aromatic nitrogens is 3. The van der Waals surface area contributed by atoms with Gasteiger partial charge in [0.1, 0.15) is 0 Å². The summed E-state index contributed by atoms with van der Waals surface area (Å²) in [6.07, 6.45) is 10.1. The predicted molar refractivity (Wildman–Crippen MR) is 66.9 cm³/mol. The molecule has 3 rings (SSSR count). The molecule has 0 aliphatic heterocycles. The van der Waals surface area contributed by atoms with Gasteiger partial charge in [0.25, 0.3) is 0 Å². The zero-order valence-electron chi connectivity index (χ0n) is 9.93. The molecule has 0 unspecified atom stereocenters. The van der Waals surface area contributed by atoms with Crippen LogP contribution in [0.15, 0.2) is 30.9 Å². The maximum absolute atomic E-state index is 4.36. The third kappa shape index (κ3) is 2.30. The van der Waals surface area contributed by atoms with Crippen LogP contribution in [0.3, 0.4) is 0 Å². The molecule has 88 valence electrons. The van der Waals surface area contributed by atoms with E-state index in [-0.39, 0.29) is 0 Å². The third-order valence-electron chi connectivity index (χ3n) is 3.10. The summed E-state index contributed by atoms with van der Waals surface area (Å²) in [5.74, 6) is 0.976. The Kier molecular flexibility index (Phi) is 2.55. The molecule has 4 heteroatoms. The van der Waals surface area contributed by atoms with Crippen molar-refractivity contribution in [3.63, 3.8) is 0 Å². The second-order valence-electron chi connectivity index (χ2n) is 4.60. The van der Waals surface area contributed by atoms with E-state index in [2.05, 4.69) is 32.8 Å². The maximum atomic E-state index is 4.36. The van der Waals surface area contributed by atoms with Crippen molar-refractivity contribution in [2.45, 2.75) is 32.4 Å². The first-order valence-electron chi connectivity index (χ1n) is 6.00. The Labute approximate surface area is 101 Å². The van der Waals surface area contributed by atoms with E-state index in [1.54, 1.807) is 0 Å². The Morgan fingerprint density at radius 2 is 2.29 bits per heavy atom. The summed E-state index contributed by atoms with van der Waals surface area (Å²) in [4.78, 5) is 8.47. The van der Waals surface area contributed by atoms with Crippen LogP contribution in [0.5, 0.6) is 0 Å². The SMILES string of the molecule is Cc1cnccc1Cn1ccnc1NC1CC1. The molecule has 2 aromatic rings. The van der Waals surface area contributed by atoms with Gasteiger partial charge in [-0.2, -0.15) is 0 Å². The molecule has 0 radical (unpaired) electrons.